The minimum atomic E-state index is -6.65. The summed E-state index contributed by atoms with van der Waals surface area (Å²) in [7, 11) is -6.65. The van der Waals surface area contributed by atoms with Gasteiger partial charge < -0.3 is 14.2 Å². The number of hydrogen-bond acceptors (Lipinski definition) is 7. The van der Waals surface area contributed by atoms with Gasteiger partial charge in [-0.25, -0.2) is 4.79 Å². The predicted molar refractivity (Wildman–Crippen MR) is 90.1 cm³/mol. The molecule has 8 nitrogen and oxygen atoms in total. The van der Waals surface area contributed by atoms with Gasteiger partial charge in [0.15, 0.2) is 0 Å². The van der Waals surface area contributed by atoms with E-state index >= 15 is 0 Å². The van der Waals surface area contributed by atoms with Crippen molar-refractivity contribution in [3.63, 3.8) is 0 Å². The predicted octanol–water partition coefficient (Wildman–Crippen LogP) is 3.45. The van der Waals surface area contributed by atoms with Crippen LogP contribution in [0.1, 0.15) is 45.4 Å². The zero-order valence-electron chi connectivity index (χ0n) is 16.6. The first-order valence-corrected chi connectivity index (χ1v) is 10.7. The number of hydrogen-bond donors (Lipinski definition) is 1. The van der Waals surface area contributed by atoms with E-state index in [9.17, 15) is 48.7 Å². The number of esters is 2. The Hall–Kier alpha value is -1.68. The second-order valence-electron chi connectivity index (χ2n) is 6.89. The quantitative estimate of drug-likeness (QED) is 0.207. The SMILES string of the molecule is CCOC(=O)C(OCCC(F)(F)C(F)(F)S(=O)(=O)O)(OC(=O)C1CCCCC1)C(F)(F)F. The lowest BCUT2D eigenvalue weighted by Gasteiger charge is -2.34. The van der Waals surface area contributed by atoms with Gasteiger partial charge in [-0.1, -0.05) is 19.3 Å². The Morgan fingerprint density at radius 1 is 1.00 bits per heavy atom. The lowest BCUT2D eigenvalue weighted by Crippen LogP contribution is -2.59. The summed E-state index contributed by atoms with van der Waals surface area (Å²) in [6.45, 7) is -1.64. The van der Waals surface area contributed by atoms with Gasteiger partial charge in [0, 0.05) is 6.42 Å². The van der Waals surface area contributed by atoms with Crippen LogP contribution in [0.5, 0.6) is 0 Å². The van der Waals surface area contributed by atoms with Gasteiger partial charge in [0.2, 0.25) is 0 Å². The lowest BCUT2D eigenvalue weighted by atomic mass is 9.89. The standard InChI is InChI=1S/C16H21F7O8S/c1-2-29-12(25)14(15(19,20)21,31-11(24)10-6-4-3-5-7-10)30-9-8-13(17,18)16(22,23)32(26,27)28/h10H,2-9H2,1H3,(H,26,27,28). The molecule has 0 saturated heterocycles. The Bertz CT molecular complexity index is 778. The Balaban J connectivity index is 3.20. The summed E-state index contributed by atoms with van der Waals surface area (Å²) < 4.78 is 137. The molecule has 188 valence electrons. The first-order valence-electron chi connectivity index (χ1n) is 9.26. The molecule has 0 radical (unpaired) electrons. The highest BCUT2D eigenvalue weighted by molar-refractivity contribution is 7.87. The van der Waals surface area contributed by atoms with Gasteiger partial charge in [-0.05, 0) is 19.8 Å². The number of ether oxygens (including phenoxy) is 3. The van der Waals surface area contributed by atoms with Crippen LogP contribution in [0.2, 0.25) is 0 Å². The Morgan fingerprint density at radius 3 is 1.97 bits per heavy atom. The Morgan fingerprint density at radius 2 is 1.53 bits per heavy atom. The minimum absolute atomic E-state index is 0.119. The van der Waals surface area contributed by atoms with E-state index in [2.05, 4.69) is 14.2 Å². The van der Waals surface area contributed by atoms with Crippen molar-refractivity contribution >= 4 is 22.1 Å². The van der Waals surface area contributed by atoms with Crippen LogP contribution < -0.4 is 0 Å². The third-order valence-electron chi connectivity index (χ3n) is 4.57. The van der Waals surface area contributed by atoms with E-state index in [1.54, 1.807) is 0 Å². The summed E-state index contributed by atoms with van der Waals surface area (Å²) in [6, 6.07) is 0. The zero-order chi connectivity index (χ0) is 25.0. The molecule has 0 spiro atoms. The average Bonchev–Trinajstić information content (AvgIpc) is 2.65. The van der Waals surface area contributed by atoms with Crippen molar-refractivity contribution in [2.24, 2.45) is 5.92 Å². The molecule has 1 aliphatic carbocycles. The Kier molecular flexibility index (Phi) is 8.92. The first kappa shape index (κ1) is 28.4. The van der Waals surface area contributed by atoms with Crippen LogP contribution in [0.3, 0.4) is 0 Å². The van der Waals surface area contributed by atoms with E-state index < -0.39 is 70.7 Å². The number of alkyl halides is 7. The molecule has 0 amide bonds. The molecule has 1 unspecified atom stereocenters. The maximum absolute atomic E-state index is 13.7. The van der Waals surface area contributed by atoms with E-state index in [0.29, 0.717) is 19.3 Å². The second-order valence-corrected chi connectivity index (χ2v) is 8.35. The molecule has 0 aromatic rings. The smallest absolute Gasteiger partial charge is 0.461 e. The summed E-state index contributed by atoms with van der Waals surface area (Å²) in [5.41, 5.74) is 0. The molecular formula is C16H21F7O8S. The van der Waals surface area contributed by atoms with Crippen molar-refractivity contribution in [3.05, 3.63) is 0 Å². The fourth-order valence-electron chi connectivity index (χ4n) is 2.83. The largest absolute Gasteiger partial charge is 0.468 e. The number of halogens is 7. The Labute approximate surface area is 178 Å². The fraction of sp³-hybridized carbons (Fsp3) is 0.875. The molecule has 0 aromatic carbocycles. The van der Waals surface area contributed by atoms with E-state index in [0.717, 1.165) is 6.92 Å². The first-order chi connectivity index (χ1) is 14.4. The molecule has 1 fully saturated rings. The van der Waals surface area contributed by atoms with Gasteiger partial charge in [-0.15, -0.1) is 0 Å². The van der Waals surface area contributed by atoms with Crippen LogP contribution in [0.25, 0.3) is 0 Å². The van der Waals surface area contributed by atoms with Crippen LogP contribution >= 0.6 is 0 Å². The lowest BCUT2D eigenvalue weighted by molar-refractivity contribution is -0.359. The minimum Gasteiger partial charge on any atom is -0.461 e. The third-order valence-corrected chi connectivity index (χ3v) is 5.52. The van der Waals surface area contributed by atoms with Crippen molar-refractivity contribution < 1.29 is 67.5 Å². The van der Waals surface area contributed by atoms with Crippen LogP contribution in [0, 0.1) is 5.92 Å². The molecule has 1 atom stereocenters. The van der Waals surface area contributed by atoms with E-state index in [-0.39, 0.29) is 12.8 Å². The molecule has 0 aliphatic heterocycles. The van der Waals surface area contributed by atoms with Gasteiger partial charge in [-0.2, -0.15) is 39.2 Å². The van der Waals surface area contributed by atoms with E-state index in [4.69, 9.17) is 4.55 Å². The normalized spacial score (nSPS) is 18.7. The summed E-state index contributed by atoms with van der Waals surface area (Å²) >= 11 is 0. The summed E-state index contributed by atoms with van der Waals surface area (Å²) in [5, 5.41) is -6.08. The van der Waals surface area contributed by atoms with Crippen LogP contribution in [-0.2, 0) is 33.9 Å². The molecule has 16 heteroatoms. The molecule has 0 aromatic heterocycles. The van der Waals surface area contributed by atoms with Crippen LogP contribution in [-0.4, -0.2) is 61.3 Å². The molecule has 0 bridgehead atoms. The summed E-state index contributed by atoms with van der Waals surface area (Å²) in [5.74, 6) is -15.1. The monoisotopic (exact) mass is 506 g/mol. The van der Waals surface area contributed by atoms with E-state index in [1.165, 1.54) is 0 Å². The molecule has 1 saturated carbocycles. The van der Waals surface area contributed by atoms with Crippen molar-refractivity contribution in [1.29, 1.82) is 0 Å². The van der Waals surface area contributed by atoms with Crippen molar-refractivity contribution in [1.82, 2.24) is 0 Å². The number of carbonyl (C=O) groups is 2. The van der Waals surface area contributed by atoms with Gasteiger partial charge in [0.25, 0.3) is 0 Å². The summed E-state index contributed by atoms with van der Waals surface area (Å²) in [4.78, 5) is 24.3. The zero-order valence-corrected chi connectivity index (χ0v) is 17.4. The highest BCUT2D eigenvalue weighted by Gasteiger charge is 2.69. The third kappa shape index (κ3) is 6.01. The molecule has 1 N–H and O–H groups in total. The molecule has 32 heavy (non-hydrogen) atoms. The topological polar surface area (TPSA) is 116 Å². The molecule has 0 heterocycles. The van der Waals surface area contributed by atoms with E-state index in [1.807, 2.05) is 0 Å². The molecule has 1 rings (SSSR count). The van der Waals surface area contributed by atoms with Crippen LogP contribution in [0.4, 0.5) is 30.7 Å². The second kappa shape index (κ2) is 10.1. The van der Waals surface area contributed by atoms with Crippen molar-refractivity contribution in [2.45, 2.75) is 68.6 Å². The van der Waals surface area contributed by atoms with Crippen LogP contribution in [0.15, 0.2) is 0 Å². The fourth-order valence-corrected chi connectivity index (χ4v) is 3.31. The molecular weight excluding hydrogens is 485 g/mol. The van der Waals surface area contributed by atoms with Gasteiger partial charge in [-0.3, -0.25) is 9.35 Å². The number of rotatable bonds is 10. The van der Waals surface area contributed by atoms with Gasteiger partial charge >= 0.3 is 45.2 Å². The maximum Gasteiger partial charge on any atom is 0.468 e. The van der Waals surface area contributed by atoms with Gasteiger partial charge in [0.1, 0.15) is 0 Å². The summed E-state index contributed by atoms with van der Waals surface area (Å²) in [6.07, 6.45) is -6.42. The molecule has 1 aliphatic rings. The maximum atomic E-state index is 13.7. The highest BCUT2D eigenvalue weighted by atomic mass is 32.2. The highest BCUT2D eigenvalue weighted by Crippen LogP contribution is 2.43. The van der Waals surface area contributed by atoms with Crippen molar-refractivity contribution in [2.75, 3.05) is 13.2 Å². The van der Waals surface area contributed by atoms with Gasteiger partial charge in [0.05, 0.1) is 19.1 Å². The number of carbonyl (C=O) groups excluding carboxylic acids is 2. The average molecular weight is 506 g/mol. The van der Waals surface area contributed by atoms with Crippen molar-refractivity contribution in [3.8, 4) is 0 Å².